The molecular formula is C16H21ClN4O. The van der Waals surface area contributed by atoms with E-state index in [9.17, 15) is 4.79 Å². The van der Waals surface area contributed by atoms with Crippen molar-refractivity contribution in [2.45, 2.75) is 32.0 Å². The average Bonchev–Trinajstić information content (AvgIpc) is 3.19. The third-order valence-electron chi connectivity index (χ3n) is 3.84. The van der Waals surface area contributed by atoms with Crippen LogP contribution in [-0.2, 0) is 17.9 Å². The molecule has 2 N–H and O–H groups in total. The zero-order chi connectivity index (χ0) is 14.5. The van der Waals surface area contributed by atoms with Crippen LogP contribution in [0, 0.1) is 0 Å². The lowest BCUT2D eigenvalue weighted by molar-refractivity contribution is -0.122. The van der Waals surface area contributed by atoms with Gasteiger partial charge in [0.2, 0.25) is 5.91 Å². The highest BCUT2D eigenvalue weighted by Crippen LogP contribution is 2.11. The van der Waals surface area contributed by atoms with Crippen LogP contribution in [0.3, 0.4) is 0 Å². The fourth-order valence-electron chi connectivity index (χ4n) is 2.67. The van der Waals surface area contributed by atoms with Crippen LogP contribution in [0.1, 0.15) is 24.0 Å². The van der Waals surface area contributed by atoms with Gasteiger partial charge in [-0.25, -0.2) is 0 Å². The summed E-state index contributed by atoms with van der Waals surface area (Å²) < 4.78 is 1.89. The molecule has 1 saturated heterocycles. The minimum atomic E-state index is -0.0247. The molecule has 1 amide bonds. The number of nitrogens with one attached hydrogen (secondary N) is 2. The van der Waals surface area contributed by atoms with Gasteiger partial charge in [-0.15, -0.1) is 12.4 Å². The first-order valence-corrected chi connectivity index (χ1v) is 7.38. The number of nitrogens with zero attached hydrogens (tertiary/aromatic N) is 2. The number of amides is 1. The minimum absolute atomic E-state index is 0. The lowest BCUT2D eigenvalue weighted by Crippen LogP contribution is -2.40. The zero-order valence-electron chi connectivity index (χ0n) is 12.4. The molecule has 0 saturated carbocycles. The van der Waals surface area contributed by atoms with E-state index in [0.717, 1.165) is 31.5 Å². The summed E-state index contributed by atoms with van der Waals surface area (Å²) in [5, 5.41) is 10.5. The van der Waals surface area contributed by atoms with E-state index in [1.165, 1.54) is 5.56 Å². The number of hydrogen-bond donors (Lipinski definition) is 2. The summed E-state index contributed by atoms with van der Waals surface area (Å²) in [5.41, 5.74) is 2.32. The van der Waals surface area contributed by atoms with Gasteiger partial charge in [0.15, 0.2) is 0 Å². The molecule has 5 nitrogen and oxygen atoms in total. The summed E-state index contributed by atoms with van der Waals surface area (Å²) in [4.78, 5) is 12.1. The maximum atomic E-state index is 12.1. The van der Waals surface area contributed by atoms with E-state index in [2.05, 4.69) is 27.9 Å². The van der Waals surface area contributed by atoms with Crippen molar-refractivity contribution < 1.29 is 4.79 Å². The molecule has 118 valence electrons. The van der Waals surface area contributed by atoms with Crippen LogP contribution >= 0.6 is 12.4 Å². The molecule has 0 spiro atoms. The maximum absolute atomic E-state index is 12.1. The van der Waals surface area contributed by atoms with Crippen molar-refractivity contribution in [3.8, 4) is 0 Å². The Morgan fingerprint density at radius 3 is 2.82 bits per heavy atom. The van der Waals surface area contributed by atoms with Crippen molar-refractivity contribution >= 4 is 18.3 Å². The van der Waals surface area contributed by atoms with Crippen molar-refractivity contribution in [2.24, 2.45) is 0 Å². The molecule has 1 aromatic heterocycles. The van der Waals surface area contributed by atoms with Gasteiger partial charge in [0, 0.05) is 18.9 Å². The lowest BCUT2D eigenvalue weighted by atomic mass is 10.1. The molecule has 1 aliphatic heterocycles. The number of carbonyl (C=O) groups excluding carboxylic acids is 1. The molecule has 6 heteroatoms. The smallest absolute Gasteiger partial charge is 0.237 e. The van der Waals surface area contributed by atoms with Gasteiger partial charge in [0.05, 0.1) is 12.6 Å². The van der Waals surface area contributed by atoms with Crippen molar-refractivity contribution in [1.29, 1.82) is 0 Å². The Hall–Kier alpha value is -1.85. The number of carbonyl (C=O) groups is 1. The van der Waals surface area contributed by atoms with Crippen LogP contribution in [0.25, 0.3) is 0 Å². The molecule has 2 heterocycles. The van der Waals surface area contributed by atoms with Crippen LogP contribution in [0.15, 0.2) is 42.7 Å². The molecule has 0 aliphatic carbocycles. The monoisotopic (exact) mass is 320 g/mol. The topological polar surface area (TPSA) is 59.0 Å². The average molecular weight is 321 g/mol. The predicted molar refractivity (Wildman–Crippen MR) is 87.9 cm³/mol. The van der Waals surface area contributed by atoms with Crippen LogP contribution in [0.5, 0.6) is 0 Å². The maximum Gasteiger partial charge on any atom is 0.237 e. The number of halogens is 1. The van der Waals surface area contributed by atoms with E-state index in [4.69, 9.17) is 0 Å². The number of rotatable bonds is 5. The minimum Gasteiger partial charge on any atom is -0.351 e. The summed E-state index contributed by atoms with van der Waals surface area (Å²) >= 11 is 0. The van der Waals surface area contributed by atoms with Gasteiger partial charge >= 0.3 is 0 Å². The number of benzene rings is 1. The third-order valence-corrected chi connectivity index (χ3v) is 3.84. The summed E-state index contributed by atoms with van der Waals surface area (Å²) in [5.74, 6) is 0.0985. The summed E-state index contributed by atoms with van der Waals surface area (Å²) in [7, 11) is 0. The molecule has 1 aromatic carbocycles. The quantitative estimate of drug-likeness (QED) is 0.882. The highest BCUT2D eigenvalue weighted by molar-refractivity contribution is 5.85. The Labute approximate surface area is 136 Å². The first kappa shape index (κ1) is 16.5. The molecule has 1 fully saturated rings. The highest BCUT2D eigenvalue weighted by Gasteiger charge is 2.21. The zero-order valence-corrected chi connectivity index (χ0v) is 13.2. The summed E-state index contributed by atoms with van der Waals surface area (Å²) in [6, 6.07) is 10.0. The molecule has 1 unspecified atom stereocenters. The van der Waals surface area contributed by atoms with Crippen LogP contribution in [0.4, 0.5) is 0 Å². The molecule has 2 aromatic rings. The molecule has 3 rings (SSSR count). The fraction of sp³-hybridized carbons (Fsp3) is 0.375. The Morgan fingerprint density at radius 1 is 1.32 bits per heavy atom. The Morgan fingerprint density at radius 2 is 2.14 bits per heavy atom. The molecule has 0 bridgehead atoms. The van der Waals surface area contributed by atoms with Crippen molar-refractivity contribution in [3.05, 3.63) is 53.9 Å². The first-order valence-electron chi connectivity index (χ1n) is 7.38. The summed E-state index contributed by atoms with van der Waals surface area (Å²) in [6.07, 6.45) is 5.72. The number of hydrogen-bond acceptors (Lipinski definition) is 3. The van der Waals surface area contributed by atoms with E-state index in [1.807, 2.05) is 29.1 Å². The third kappa shape index (κ3) is 4.08. The van der Waals surface area contributed by atoms with Gasteiger partial charge < -0.3 is 10.6 Å². The normalized spacial score (nSPS) is 17.0. The van der Waals surface area contributed by atoms with Gasteiger partial charge in [-0.05, 0) is 36.6 Å². The van der Waals surface area contributed by atoms with Gasteiger partial charge in [-0.2, -0.15) is 5.10 Å². The second-order valence-electron chi connectivity index (χ2n) is 5.34. The second-order valence-corrected chi connectivity index (χ2v) is 5.34. The van der Waals surface area contributed by atoms with Gasteiger partial charge in [-0.1, -0.05) is 24.3 Å². The van der Waals surface area contributed by atoms with E-state index in [-0.39, 0.29) is 24.4 Å². The standard InChI is InChI=1S/C16H20N4O.ClH/c21-16(15-7-3-8-17-15)18-11-13-5-1-2-6-14(13)12-20-10-4-9-19-20;/h1-2,4-6,9-10,15,17H,3,7-8,11-12H2,(H,18,21);1H. The molecule has 22 heavy (non-hydrogen) atoms. The highest BCUT2D eigenvalue weighted by atomic mass is 35.5. The first-order chi connectivity index (χ1) is 10.3. The van der Waals surface area contributed by atoms with E-state index < -0.39 is 0 Å². The lowest BCUT2D eigenvalue weighted by Gasteiger charge is -2.13. The van der Waals surface area contributed by atoms with Crippen molar-refractivity contribution in [2.75, 3.05) is 6.54 Å². The predicted octanol–water partition coefficient (Wildman–Crippen LogP) is 1.72. The van der Waals surface area contributed by atoms with Gasteiger partial charge in [-0.3, -0.25) is 9.48 Å². The van der Waals surface area contributed by atoms with Gasteiger partial charge in [0.1, 0.15) is 0 Å². The van der Waals surface area contributed by atoms with Crippen LogP contribution in [0.2, 0.25) is 0 Å². The van der Waals surface area contributed by atoms with Gasteiger partial charge in [0.25, 0.3) is 0 Å². The molecule has 1 atom stereocenters. The SMILES string of the molecule is Cl.O=C(NCc1ccccc1Cn1cccn1)C1CCCN1. The molecule has 1 aliphatic rings. The Bertz CT molecular complexity index is 594. The van der Waals surface area contributed by atoms with Crippen molar-refractivity contribution in [1.82, 2.24) is 20.4 Å². The van der Waals surface area contributed by atoms with Crippen LogP contribution in [-0.4, -0.2) is 28.3 Å². The Balaban J connectivity index is 0.00000176. The molecule has 0 radical (unpaired) electrons. The Kier molecular flexibility index (Phi) is 5.98. The van der Waals surface area contributed by atoms with Crippen LogP contribution < -0.4 is 10.6 Å². The van der Waals surface area contributed by atoms with E-state index in [1.54, 1.807) is 6.20 Å². The number of aromatic nitrogens is 2. The summed E-state index contributed by atoms with van der Waals surface area (Å²) in [6.45, 7) is 2.23. The van der Waals surface area contributed by atoms with E-state index >= 15 is 0 Å². The van der Waals surface area contributed by atoms with Crippen molar-refractivity contribution in [3.63, 3.8) is 0 Å². The largest absolute Gasteiger partial charge is 0.351 e. The van der Waals surface area contributed by atoms with E-state index in [0.29, 0.717) is 6.54 Å². The molecular weight excluding hydrogens is 300 g/mol. The fourth-order valence-corrected chi connectivity index (χ4v) is 2.67. The second kappa shape index (κ2) is 7.96.